The lowest BCUT2D eigenvalue weighted by Crippen LogP contribution is -2.04. The van der Waals surface area contributed by atoms with Gasteiger partial charge in [-0.25, -0.2) is 13.1 Å². The van der Waals surface area contributed by atoms with E-state index in [2.05, 4.69) is 10.3 Å². The van der Waals surface area contributed by atoms with Gasteiger partial charge in [-0.05, 0) is 37.3 Å². The van der Waals surface area contributed by atoms with E-state index in [-0.39, 0.29) is 9.79 Å². The summed E-state index contributed by atoms with van der Waals surface area (Å²) in [6.45, 7) is 1.91. The maximum atomic E-state index is 13.3. The predicted octanol–water partition coefficient (Wildman–Crippen LogP) is 4.09. The predicted molar refractivity (Wildman–Crippen MR) is 117 cm³/mol. The first-order chi connectivity index (χ1) is 14.9. The largest absolute Gasteiger partial charge is 0.497 e. The zero-order chi connectivity index (χ0) is 22.0. The molecule has 0 fully saturated rings. The fourth-order valence-electron chi connectivity index (χ4n) is 3.24. The zero-order valence-corrected chi connectivity index (χ0v) is 18.1. The summed E-state index contributed by atoms with van der Waals surface area (Å²) in [5.74, 6) is 1.22. The standard InChI is InChI=1S/C23H21N3O4S/c1-16-8-11-18(12-9-16)31(27,28)23-7-5-4-6-19(23)20-15-26(25-24-20)21-14-17(29-2)10-13-22(21)30-3/h4-15H,1-3H3. The van der Waals surface area contributed by atoms with Gasteiger partial charge in [0.1, 0.15) is 22.9 Å². The molecule has 0 spiro atoms. The quantitative estimate of drug-likeness (QED) is 0.454. The lowest BCUT2D eigenvalue weighted by Gasteiger charge is -2.10. The fraction of sp³-hybridized carbons (Fsp3) is 0.130. The van der Waals surface area contributed by atoms with Crippen LogP contribution in [0.1, 0.15) is 5.56 Å². The fourth-order valence-corrected chi connectivity index (χ4v) is 4.71. The van der Waals surface area contributed by atoms with Gasteiger partial charge in [-0.1, -0.05) is 41.1 Å². The molecule has 0 radical (unpaired) electrons. The molecule has 1 heterocycles. The lowest BCUT2D eigenvalue weighted by atomic mass is 10.2. The maximum Gasteiger partial charge on any atom is 0.207 e. The molecule has 31 heavy (non-hydrogen) atoms. The summed E-state index contributed by atoms with van der Waals surface area (Å²) in [6, 6.07) is 18.9. The van der Waals surface area contributed by atoms with E-state index in [1.54, 1.807) is 87.1 Å². The minimum atomic E-state index is -3.74. The van der Waals surface area contributed by atoms with Gasteiger partial charge in [-0.15, -0.1) is 5.10 Å². The molecule has 0 N–H and O–H groups in total. The highest BCUT2D eigenvalue weighted by Crippen LogP contribution is 2.32. The van der Waals surface area contributed by atoms with Crippen LogP contribution in [0.3, 0.4) is 0 Å². The Labute approximate surface area is 180 Å². The number of rotatable bonds is 6. The summed E-state index contributed by atoms with van der Waals surface area (Å²) in [4.78, 5) is 0.399. The van der Waals surface area contributed by atoms with E-state index in [4.69, 9.17) is 9.47 Å². The van der Waals surface area contributed by atoms with E-state index >= 15 is 0 Å². The first kappa shape index (κ1) is 20.6. The number of ether oxygens (including phenoxy) is 2. The lowest BCUT2D eigenvalue weighted by molar-refractivity contribution is 0.400. The van der Waals surface area contributed by atoms with Crippen LogP contribution in [0.5, 0.6) is 11.5 Å². The van der Waals surface area contributed by atoms with Crippen LogP contribution in [0.15, 0.2) is 82.7 Å². The SMILES string of the molecule is COc1ccc(OC)c(-n2cc(-c3ccccc3S(=O)(=O)c3ccc(C)cc3)nn2)c1. The Hall–Kier alpha value is -3.65. The Morgan fingerprint density at radius 1 is 0.903 bits per heavy atom. The van der Waals surface area contributed by atoms with Crippen LogP contribution in [0.25, 0.3) is 16.9 Å². The Bertz CT molecular complexity index is 1330. The van der Waals surface area contributed by atoms with Crippen molar-refractivity contribution >= 4 is 9.84 Å². The Morgan fingerprint density at radius 2 is 1.65 bits per heavy atom. The van der Waals surface area contributed by atoms with E-state index in [0.29, 0.717) is 28.4 Å². The van der Waals surface area contributed by atoms with Gasteiger partial charge in [0.05, 0.1) is 30.2 Å². The van der Waals surface area contributed by atoms with Gasteiger partial charge in [-0.2, -0.15) is 0 Å². The van der Waals surface area contributed by atoms with Crippen LogP contribution >= 0.6 is 0 Å². The molecule has 7 nitrogen and oxygen atoms in total. The van der Waals surface area contributed by atoms with E-state index in [0.717, 1.165) is 5.56 Å². The Morgan fingerprint density at radius 3 is 2.35 bits per heavy atom. The molecule has 0 aliphatic carbocycles. The summed E-state index contributed by atoms with van der Waals surface area (Å²) in [5, 5.41) is 8.42. The van der Waals surface area contributed by atoms with Crippen LogP contribution in [0.2, 0.25) is 0 Å². The summed E-state index contributed by atoms with van der Waals surface area (Å²) >= 11 is 0. The third-order valence-electron chi connectivity index (χ3n) is 4.91. The number of hydrogen-bond donors (Lipinski definition) is 0. The molecule has 4 rings (SSSR count). The van der Waals surface area contributed by atoms with Crippen LogP contribution in [0, 0.1) is 6.92 Å². The normalized spacial score (nSPS) is 11.3. The van der Waals surface area contributed by atoms with Crippen LogP contribution < -0.4 is 9.47 Å². The van der Waals surface area contributed by atoms with Gasteiger partial charge in [0.15, 0.2) is 0 Å². The molecule has 4 aromatic rings. The number of nitrogens with zero attached hydrogens (tertiary/aromatic N) is 3. The first-order valence-electron chi connectivity index (χ1n) is 9.50. The molecule has 0 atom stereocenters. The van der Waals surface area contributed by atoms with Crippen molar-refractivity contribution in [3.63, 3.8) is 0 Å². The number of sulfone groups is 1. The van der Waals surface area contributed by atoms with Crippen molar-refractivity contribution in [3.05, 3.63) is 78.5 Å². The third kappa shape index (κ3) is 3.89. The molecule has 1 aromatic heterocycles. The smallest absolute Gasteiger partial charge is 0.207 e. The third-order valence-corrected chi connectivity index (χ3v) is 6.74. The molecule has 0 saturated heterocycles. The average molecular weight is 436 g/mol. The highest BCUT2D eigenvalue weighted by Gasteiger charge is 2.23. The van der Waals surface area contributed by atoms with Crippen molar-refractivity contribution in [1.82, 2.24) is 15.0 Å². The second kappa shape index (κ2) is 8.23. The second-order valence-electron chi connectivity index (χ2n) is 6.90. The Kier molecular flexibility index (Phi) is 5.48. The van der Waals surface area contributed by atoms with E-state index in [1.165, 1.54) is 4.68 Å². The number of methoxy groups -OCH3 is 2. The van der Waals surface area contributed by atoms with Crippen LogP contribution in [-0.2, 0) is 9.84 Å². The van der Waals surface area contributed by atoms with Crippen molar-refractivity contribution in [1.29, 1.82) is 0 Å². The van der Waals surface area contributed by atoms with Gasteiger partial charge >= 0.3 is 0 Å². The van der Waals surface area contributed by atoms with Crippen molar-refractivity contribution in [3.8, 4) is 28.4 Å². The van der Waals surface area contributed by atoms with E-state index in [9.17, 15) is 8.42 Å². The molecule has 0 saturated carbocycles. The molecule has 158 valence electrons. The summed E-state index contributed by atoms with van der Waals surface area (Å²) in [6.07, 6.45) is 1.67. The molecule has 0 aliphatic rings. The molecular formula is C23H21N3O4S. The van der Waals surface area contributed by atoms with Crippen LogP contribution in [-0.4, -0.2) is 37.6 Å². The van der Waals surface area contributed by atoms with E-state index < -0.39 is 9.84 Å². The minimum absolute atomic E-state index is 0.170. The number of aryl methyl sites for hydroxylation is 1. The van der Waals surface area contributed by atoms with Gasteiger partial charge in [0.25, 0.3) is 0 Å². The summed E-state index contributed by atoms with van der Waals surface area (Å²) in [5.41, 5.74) is 2.51. The van der Waals surface area contributed by atoms with Crippen LogP contribution in [0.4, 0.5) is 0 Å². The van der Waals surface area contributed by atoms with Gasteiger partial charge in [0.2, 0.25) is 9.84 Å². The van der Waals surface area contributed by atoms with Crippen molar-refractivity contribution in [2.75, 3.05) is 14.2 Å². The highest BCUT2D eigenvalue weighted by atomic mass is 32.2. The van der Waals surface area contributed by atoms with Gasteiger partial charge in [0, 0.05) is 11.6 Å². The molecule has 3 aromatic carbocycles. The highest BCUT2D eigenvalue weighted by molar-refractivity contribution is 7.91. The second-order valence-corrected chi connectivity index (χ2v) is 8.82. The zero-order valence-electron chi connectivity index (χ0n) is 17.3. The number of benzene rings is 3. The van der Waals surface area contributed by atoms with Gasteiger partial charge in [-0.3, -0.25) is 0 Å². The molecule has 0 amide bonds. The Balaban J connectivity index is 1.81. The molecular weight excluding hydrogens is 414 g/mol. The van der Waals surface area contributed by atoms with Crippen molar-refractivity contribution in [2.24, 2.45) is 0 Å². The summed E-state index contributed by atoms with van der Waals surface area (Å²) in [7, 11) is -0.599. The molecule has 0 aliphatic heterocycles. The van der Waals surface area contributed by atoms with E-state index in [1.807, 2.05) is 6.92 Å². The summed E-state index contributed by atoms with van der Waals surface area (Å²) < 4.78 is 38.9. The maximum absolute atomic E-state index is 13.3. The number of hydrogen-bond acceptors (Lipinski definition) is 6. The van der Waals surface area contributed by atoms with Gasteiger partial charge < -0.3 is 9.47 Å². The topological polar surface area (TPSA) is 83.3 Å². The monoisotopic (exact) mass is 435 g/mol. The molecule has 0 bridgehead atoms. The number of aromatic nitrogens is 3. The molecule has 8 heteroatoms. The van der Waals surface area contributed by atoms with Crippen molar-refractivity contribution < 1.29 is 17.9 Å². The minimum Gasteiger partial charge on any atom is -0.497 e. The average Bonchev–Trinajstić information content (AvgIpc) is 3.29. The first-order valence-corrected chi connectivity index (χ1v) is 11.0. The van der Waals surface area contributed by atoms with Crippen molar-refractivity contribution in [2.45, 2.75) is 16.7 Å². The molecule has 0 unspecified atom stereocenters.